The molecule has 0 radical (unpaired) electrons. The summed E-state index contributed by atoms with van der Waals surface area (Å²) in [5.74, 6) is -0.513. The normalized spacial score (nSPS) is 10.1. The van der Waals surface area contributed by atoms with Gasteiger partial charge in [0.1, 0.15) is 5.69 Å². The van der Waals surface area contributed by atoms with Gasteiger partial charge in [-0.2, -0.15) is 5.10 Å². The van der Waals surface area contributed by atoms with E-state index in [4.69, 9.17) is 23.2 Å². The van der Waals surface area contributed by atoms with E-state index < -0.39 is 5.91 Å². The maximum atomic E-state index is 11.8. The van der Waals surface area contributed by atoms with Crippen molar-refractivity contribution in [2.24, 2.45) is 0 Å². The lowest BCUT2D eigenvalue weighted by Crippen LogP contribution is -2.17. The molecule has 2 aromatic rings. The second-order valence-corrected chi connectivity index (χ2v) is 4.17. The quantitative estimate of drug-likeness (QED) is 0.888. The van der Waals surface area contributed by atoms with Crippen LogP contribution in [-0.2, 0) is 0 Å². The van der Waals surface area contributed by atoms with Gasteiger partial charge in [-0.05, 0) is 18.2 Å². The zero-order chi connectivity index (χ0) is 13.1. The van der Waals surface area contributed by atoms with Crippen LogP contribution in [0.1, 0.15) is 10.5 Å². The van der Waals surface area contributed by atoms with Crippen molar-refractivity contribution >= 4 is 34.8 Å². The van der Waals surface area contributed by atoms with Crippen molar-refractivity contribution in [3.63, 3.8) is 0 Å². The average Bonchev–Trinajstić information content (AvgIpc) is 2.34. The molecule has 2 N–H and O–H groups in total. The molecule has 92 valence electrons. The topological polar surface area (TPSA) is 74.8 Å². The number of nitrogens with zero attached hydrogens (tertiary/aromatic N) is 1. The zero-order valence-corrected chi connectivity index (χ0v) is 10.4. The third kappa shape index (κ3) is 2.69. The van der Waals surface area contributed by atoms with Gasteiger partial charge < -0.3 is 5.32 Å². The molecule has 0 spiro atoms. The number of para-hydroxylation sites is 1. The first kappa shape index (κ1) is 12.6. The average molecular weight is 284 g/mol. The number of aromatic amines is 1. The van der Waals surface area contributed by atoms with Crippen molar-refractivity contribution in [3.8, 4) is 0 Å². The van der Waals surface area contributed by atoms with Gasteiger partial charge in [-0.3, -0.25) is 9.59 Å². The Morgan fingerprint density at radius 1 is 1.17 bits per heavy atom. The molecule has 0 aliphatic rings. The molecule has 0 aliphatic heterocycles. The third-order valence-corrected chi connectivity index (χ3v) is 2.74. The molecular weight excluding hydrogens is 277 g/mol. The molecule has 1 amide bonds. The van der Waals surface area contributed by atoms with E-state index in [0.717, 1.165) is 0 Å². The molecule has 18 heavy (non-hydrogen) atoms. The molecule has 0 aliphatic carbocycles. The number of halogens is 2. The Balaban J connectivity index is 2.27. The standard InChI is InChI=1S/C11H7Cl2N3O2/c12-6-2-1-3-7(13)10(6)14-11(18)8-4-5-9(17)16-15-8/h1-5H,(H,14,18)(H,16,17). The van der Waals surface area contributed by atoms with Crippen LogP contribution in [0.4, 0.5) is 5.69 Å². The highest BCUT2D eigenvalue weighted by Crippen LogP contribution is 2.29. The van der Waals surface area contributed by atoms with Crippen LogP contribution in [0.3, 0.4) is 0 Å². The van der Waals surface area contributed by atoms with Crippen molar-refractivity contribution in [2.75, 3.05) is 5.32 Å². The second-order valence-electron chi connectivity index (χ2n) is 3.36. The highest BCUT2D eigenvalue weighted by atomic mass is 35.5. The van der Waals surface area contributed by atoms with Crippen molar-refractivity contribution in [3.05, 3.63) is 56.4 Å². The lowest BCUT2D eigenvalue weighted by Gasteiger charge is -2.08. The van der Waals surface area contributed by atoms with Gasteiger partial charge in [0.15, 0.2) is 0 Å². The number of carbonyl (C=O) groups is 1. The minimum absolute atomic E-state index is 0.0607. The van der Waals surface area contributed by atoms with E-state index in [0.29, 0.717) is 15.7 Å². The van der Waals surface area contributed by atoms with E-state index in [1.54, 1.807) is 18.2 Å². The molecule has 7 heteroatoms. The molecule has 0 bridgehead atoms. The fourth-order valence-electron chi connectivity index (χ4n) is 1.27. The number of hydrogen-bond acceptors (Lipinski definition) is 3. The number of rotatable bonds is 2. The summed E-state index contributed by atoms with van der Waals surface area (Å²) in [6.45, 7) is 0. The van der Waals surface area contributed by atoms with Crippen LogP contribution < -0.4 is 10.9 Å². The fraction of sp³-hybridized carbons (Fsp3) is 0. The van der Waals surface area contributed by atoms with E-state index >= 15 is 0 Å². The van der Waals surface area contributed by atoms with E-state index in [1.807, 2.05) is 0 Å². The molecule has 1 heterocycles. The number of anilines is 1. The van der Waals surface area contributed by atoms with Crippen LogP contribution in [0, 0.1) is 0 Å². The molecule has 5 nitrogen and oxygen atoms in total. The predicted octanol–water partition coefficient (Wildman–Crippen LogP) is 2.33. The summed E-state index contributed by atoms with van der Waals surface area (Å²) < 4.78 is 0. The first-order valence-electron chi connectivity index (χ1n) is 4.89. The summed E-state index contributed by atoms with van der Waals surface area (Å²) in [7, 11) is 0. The van der Waals surface area contributed by atoms with Crippen LogP contribution in [0.2, 0.25) is 10.0 Å². The molecule has 0 unspecified atom stereocenters. The molecule has 0 atom stereocenters. The Kier molecular flexibility index (Phi) is 3.64. The Labute approximate surface area is 112 Å². The summed E-state index contributed by atoms with van der Waals surface area (Å²) in [5, 5.41) is 8.93. The van der Waals surface area contributed by atoms with Crippen molar-refractivity contribution in [1.82, 2.24) is 10.2 Å². The van der Waals surface area contributed by atoms with Gasteiger partial charge in [0.05, 0.1) is 15.7 Å². The SMILES string of the molecule is O=C(Nc1c(Cl)cccc1Cl)c1ccc(=O)[nH]n1. The minimum Gasteiger partial charge on any atom is -0.318 e. The van der Waals surface area contributed by atoms with E-state index in [9.17, 15) is 9.59 Å². The predicted molar refractivity (Wildman–Crippen MR) is 69.3 cm³/mol. The number of carbonyl (C=O) groups excluding carboxylic acids is 1. The summed E-state index contributed by atoms with van der Waals surface area (Å²) in [5.41, 5.74) is -0.0215. The summed E-state index contributed by atoms with van der Waals surface area (Å²) in [6, 6.07) is 7.38. The van der Waals surface area contributed by atoms with Gasteiger partial charge in [0, 0.05) is 6.07 Å². The molecule has 0 fully saturated rings. The smallest absolute Gasteiger partial charge is 0.276 e. The maximum Gasteiger partial charge on any atom is 0.276 e. The molecular formula is C11H7Cl2N3O2. The van der Waals surface area contributed by atoms with Gasteiger partial charge in [-0.15, -0.1) is 0 Å². The second kappa shape index (κ2) is 5.20. The largest absolute Gasteiger partial charge is 0.318 e. The lowest BCUT2D eigenvalue weighted by molar-refractivity contribution is 0.102. The number of nitrogens with one attached hydrogen (secondary N) is 2. The first-order valence-corrected chi connectivity index (χ1v) is 5.64. The third-order valence-electron chi connectivity index (χ3n) is 2.11. The molecule has 2 rings (SSSR count). The van der Waals surface area contributed by atoms with Crippen LogP contribution in [0.25, 0.3) is 0 Å². The van der Waals surface area contributed by atoms with E-state index in [2.05, 4.69) is 15.5 Å². The van der Waals surface area contributed by atoms with Gasteiger partial charge >= 0.3 is 0 Å². The van der Waals surface area contributed by atoms with Crippen LogP contribution in [-0.4, -0.2) is 16.1 Å². The Hall–Kier alpha value is -1.85. The van der Waals surface area contributed by atoms with Crippen LogP contribution >= 0.6 is 23.2 Å². The lowest BCUT2D eigenvalue weighted by atomic mass is 10.3. The molecule has 0 saturated heterocycles. The maximum absolute atomic E-state index is 11.8. The Bertz CT molecular complexity index is 614. The number of hydrogen-bond donors (Lipinski definition) is 2. The van der Waals surface area contributed by atoms with E-state index in [-0.39, 0.29) is 11.3 Å². The Morgan fingerprint density at radius 3 is 2.39 bits per heavy atom. The van der Waals surface area contributed by atoms with Crippen molar-refractivity contribution < 1.29 is 4.79 Å². The summed E-state index contributed by atoms with van der Waals surface area (Å²) in [4.78, 5) is 22.6. The number of amides is 1. The number of H-pyrrole nitrogens is 1. The summed E-state index contributed by atoms with van der Waals surface area (Å²) in [6.07, 6.45) is 0. The zero-order valence-electron chi connectivity index (χ0n) is 8.91. The monoisotopic (exact) mass is 283 g/mol. The first-order chi connectivity index (χ1) is 8.58. The van der Waals surface area contributed by atoms with Crippen LogP contribution in [0.15, 0.2) is 35.1 Å². The Morgan fingerprint density at radius 2 is 1.83 bits per heavy atom. The number of aromatic nitrogens is 2. The minimum atomic E-state index is -0.513. The highest BCUT2D eigenvalue weighted by molar-refractivity contribution is 6.39. The molecule has 1 aromatic carbocycles. The van der Waals surface area contributed by atoms with Gasteiger partial charge in [-0.25, -0.2) is 5.10 Å². The molecule has 1 aromatic heterocycles. The van der Waals surface area contributed by atoms with E-state index in [1.165, 1.54) is 12.1 Å². The van der Waals surface area contributed by atoms with Gasteiger partial charge in [-0.1, -0.05) is 29.3 Å². The fourth-order valence-corrected chi connectivity index (χ4v) is 1.76. The number of benzene rings is 1. The van der Waals surface area contributed by atoms with Gasteiger partial charge in [0.2, 0.25) is 0 Å². The van der Waals surface area contributed by atoms with Crippen molar-refractivity contribution in [2.45, 2.75) is 0 Å². The van der Waals surface area contributed by atoms with Gasteiger partial charge in [0.25, 0.3) is 11.5 Å². The summed E-state index contributed by atoms with van der Waals surface area (Å²) >= 11 is 11.8. The molecule has 0 saturated carbocycles. The van der Waals surface area contributed by atoms with Crippen molar-refractivity contribution in [1.29, 1.82) is 0 Å². The van der Waals surface area contributed by atoms with Crippen LogP contribution in [0.5, 0.6) is 0 Å². The highest BCUT2D eigenvalue weighted by Gasteiger charge is 2.12.